The Labute approximate surface area is 156 Å². The Morgan fingerprint density at radius 1 is 1.19 bits per heavy atom. The lowest BCUT2D eigenvalue weighted by Crippen LogP contribution is -2.65. The number of hydrogen-bond donors (Lipinski definition) is 1. The van der Waals surface area contributed by atoms with Gasteiger partial charge in [0.2, 0.25) is 11.9 Å². The Bertz CT molecular complexity index is 906. The molecule has 0 bridgehead atoms. The van der Waals surface area contributed by atoms with Gasteiger partial charge < -0.3 is 15.5 Å². The monoisotopic (exact) mass is 368 g/mol. The standard InChI is InChI=1S/C18H20N6O3/c1-10-4-6-12(7-5-10)24-11(2)8-22-14-15(20-17(22)24)21(3)18(27)23(16(14)26)9-13(19)25/h4-8,14-15H,9H2,1-3H3,(H2,19,25). The summed E-state index contributed by atoms with van der Waals surface area (Å²) in [6, 6.07) is 6.68. The van der Waals surface area contributed by atoms with Crippen LogP contribution in [0.2, 0.25) is 0 Å². The van der Waals surface area contributed by atoms with Gasteiger partial charge in [0.15, 0.2) is 12.2 Å². The number of fused-ring (bicyclic) bond motifs is 3. The summed E-state index contributed by atoms with van der Waals surface area (Å²) < 4.78 is 0. The fourth-order valence-electron chi connectivity index (χ4n) is 3.67. The highest BCUT2D eigenvalue weighted by atomic mass is 16.2. The molecule has 9 nitrogen and oxygen atoms in total. The van der Waals surface area contributed by atoms with Crippen molar-refractivity contribution in [2.75, 3.05) is 18.5 Å². The summed E-state index contributed by atoms with van der Waals surface area (Å²) in [4.78, 5) is 47.4. The van der Waals surface area contributed by atoms with Crippen LogP contribution in [0.4, 0.5) is 10.5 Å². The minimum atomic E-state index is -0.739. The number of guanidine groups is 1. The summed E-state index contributed by atoms with van der Waals surface area (Å²) in [6.07, 6.45) is 1.19. The first kappa shape index (κ1) is 17.1. The third-order valence-corrected chi connectivity index (χ3v) is 4.99. The van der Waals surface area contributed by atoms with Crippen LogP contribution < -0.4 is 10.6 Å². The number of nitrogens with two attached hydrogens (primary N) is 1. The number of benzene rings is 1. The highest BCUT2D eigenvalue weighted by Gasteiger charge is 2.54. The number of amides is 4. The molecule has 2 atom stereocenters. The first-order chi connectivity index (χ1) is 12.8. The molecule has 0 radical (unpaired) electrons. The highest BCUT2D eigenvalue weighted by Crippen LogP contribution is 2.36. The quantitative estimate of drug-likeness (QED) is 0.833. The van der Waals surface area contributed by atoms with E-state index < -0.39 is 36.6 Å². The summed E-state index contributed by atoms with van der Waals surface area (Å²) in [5, 5.41) is 0. The van der Waals surface area contributed by atoms with Gasteiger partial charge in [-0.2, -0.15) is 0 Å². The first-order valence-electron chi connectivity index (χ1n) is 8.57. The maximum Gasteiger partial charge on any atom is 0.328 e. The molecule has 4 rings (SSSR count). The summed E-state index contributed by atoms with van der Waals surface area (Å²) in [6.45, 7) is 3.49. The lowest BCUT2D eigenvalue weighted by Gasteiger charge is -2.39. The van der Waals surface area contributed by atoms with Crippen LogP contribution in [-0.2, 0) is 9.59 Å². The number of likely N-dealkylation sites (N-methyl/N-ethyl adjacent to an activating group) is 1. The predicted molar refractivity (Wildman–Crippen MR) is 98.3 cm³/mol. The number of anilines is 1. The molecule has 2 N–H and O–H groups in total. The normalized spacial score (nSPS) is 24.1. The number of imide groups is 1. The van der Waals surface area contributed by atoms with E-state index in [2.05, 4.69) is 4.99 Å². The topological polar surface area (TPSA) is 103 Å². The van der Waals surface area contributed by atoms with Crippen LogP contribution in [0.15, 0.2) is 41.2 Å². The lowest BCUT2D eigenvalue weighted by atomic mass is 10.1. The Kier molecular flexibility index (Phi) is 3.69. The molecule has 0 spiro atoms. The van der Waals surface area contributed by atoms with Crippen LogP contribution >= 0.6 is 0 Å². The third kappa shape index (κ3) is 2.46. The number of rotatable bonds is 3. The molecule has 1 saturated heterocycles. The largest absolute Gasteiger partial charge is 0.368 e. The van der Waals surface area contributed by atoms with Crippen molar-refractivity contribution < 1.29 is 14.4 Å². The van der Waals surface area contributed by atoms with Crippen molar-refractivity contribution in [2.45, 2.75) is 26.1 Å². The number of urea groups is 1. The Hall–Kier alpha value is -3.36. The van der Waals surface area contributed by atoms with Gasteiger partial charge in [-0.1, -0.05) is 17.7 Å². The van der Waals surface area contributed by atoms with Crippen molar-refractivity contribution in [3.05, 3.63) is 41.7 Å². The number of primary amides is 1. The number of nitrogens with zero attached hydrogens (tertiary/aromatic N) is 5. The predicted octanol–water partition coefficient (Wildman–Crippen LogP) is 0.422. The zero-order valence-electron chi connectivity index (χ0n) is 15.3. The van der Waals surface area contributed by atoms with Crippen LogP contribution in [0.25, 0.3) is 0 Å². The van der Waals surface area contributed by atoms with E-state index in [1.54, 1.807) is 11.9 Å². The molecule has 0 aliphatic carbocycles. The van der Waals surface area contributed by atoms with Gasteiger partial charge in [-0.05, 0) is 26.0 Å². The zero-order chi connectivity index (χ0) is 19.5. The zero-order valence-corrected chi connectivity index (χ0v) is 15.3. The summed E-state index contributed by atoms with van der Waals surface area (Å²) in [7, 11) is 1.57. The Balaban J connectivity index is 1.71. The maximum absolute atomic E-state index is 12.9. The Morgan fingerprint density at radius 3 is 2.48 bits per heavy atom. The molecule has 27 heavy (non-hydrogen) atoms. The van der Waals surface area contributed by atoms with Gasteiger partial charge in [0.1, 0.15) is 6.54 Å². The van der Waals surface area contributed by atoms with Gasteiger partial charge in [-0.25, -0.2) is 9.79 Å². The smallest absolute Gasteiger partial charge is 0.328 e. The van der Waals surface area contributed by atoms with Crippen molar-refractivity contribution in [3.63, 3.8) is 0 Å². The number of carbonyl (C=O) groups excluding carboxylic acids is 3. The molecule has 3 aliphatic rings. The average molecular weight is 368 g/mol. The van der Waals surface area contributed by atoms with E-state index in [9.17, 15) is 14.4 Å². The SMILES string of the molecule is CC1=CN2C(=NC3C2C(=O)N(CC(N)=O)C(=O)N3C)N1c1ccc(C)cc1. The van der Waals surface area contributed by atoms with Crippen molar-refractivity contribution in [3.8, 4) is 0 Å². The molecule has 1 aromatic rings. The fraction of sp³-hybridized carbons (Fsp3) is 0.333. The highest BCUT2D eigenvalue weighted by molar-refractivity contribution is 6.10. The van der Waals surface area contributed by atoms with E-state index in [0.29, 0.717) is 5.96 Å². The number of hydrogen-bond acceptors (Lipinski definition) is 6. The molecular formula is C18H20N6O3. The van der Waals surface area contributed by atoms with E-state index in [-0.39, 0.29) is 0 Å². The molecule has 0 saturated carbocycles. The summed E-state index contributed by atoms with van der Waals surface area (Å²) >= 11 is 0. The van der Waals surface area contributed by atoms with Crippen LogP contribution in [0.5, 0.6) is 0 Å². The van der Waals surface area contributed by atoms with Gasteiger partial charge in [-0.3, -0.25) is 19.4 Å². The van der Waals surface area contributed by atoms with Crippen molar-refractivity contribution in [1.29, 1.82) is 0 Å². The Morgan fingerprint density at radius 2 is 1.85 bits per heavy atom. The molecule has 0 aromatic heterocycles. The van der Waals surface area contributed by atoms with Gasteiger partial charge in [-0.15, -0.1) is 0 Å². The fourth-order valence-corrected chi connectivity index (χ4v) is 3.67. The molecule has 4 amide bonds. The van der Waals surface area contributed by atoms with Crippen LogP contribution in [0.3, 0.4) is 0 Å². The van der Waals surface area contributed by atoms with Crippen LogP contribution in [0, 0.1) is 6.92 Å². The average Bonchev–Trinajstić information content (AvgIpc) is 3.12. The van der Waals surface area contributed by atoms with E-state index in [0.717, 1.165) is 21.8 Å². The van der Waals surface area contributed by atoms with Crippen molar-refractivity contribution in [2.24, 2.45) is 10.7 Å². The number of allylic oxidation sites excluding steroid dienone is 1. The molecule has 3 heterocycles. The van der Waals surface area contributed by atoms with E-state index >= 15 is 0 Å². The number of aryl methyl sites for hydroxylation is 1. The molecule has 9 heteroatoms. The van der Waals surface area contributed by atoms with E-state index in [1.165, 1.54) is 4.90 Å². The van der Waals surface area contributed by atoms with E-state index in [1.807, 2.05) is 49.2 Å². The van der Waals surface area contributed by atoms with Gasteiger partial charge in [0, 0.05) is 24.6 Å². The molecule has 1 aromatic carbocycles. The second-order valence-electron chi connectivity index (χ2n) is 6.92. The van der Waals surface area contributed by atoms with Crippen LogP contribution in [0.1, 0.15) is 12.5 Å². The van der Waals surface area contributed by atoms with Crippen molar-refractivity contribution in [1.82, 2.24) is 14.7 Å². The molecule has 2 unspecified atom stereocenters. The van der Waals surface area contributed by atoms with Crippen molar-refractivity contribution >= 4 is 29.5 Å². The minimum absolute atomic E-state index is 0.446. The second kappa shape index (κ2) is 5.83. The first-order valence-corrected chi connectivity index (χ1v) is 8.57. The molecule has 3 aliphatic heterocycles. The maximum atomic E-state index is 12.9. The summed E-state index contributed by atoms with van der Waals surface area (Å²) in [5.74, 6) is -0.632. The number of aliphatic imine (C=N–C) groups is 1. The van der Waals surface area contributed by atoms with Crippen LogP contribution in [-0.4, -0.2) is 64.3 Å². The number of carbonyl (C=O) groups is 3. The molecular weight excluding hydrogens is 348 g/mol. The second-order valence-corrected chi connectivity index (χ2v) is 6.92. The van der Waals surface area contributed by atoms with Gasteiger partial charge in [0.05, 0.1) is 0 Å². The van der Waals surface area contributed by atoms with Gasteiger partial charge in [0.25, 0.3) is 5.91 Å². The third-order valence-electron chi connectivity index (χ3n) is 4.99. The molecule has 1 fully saturated rings. The lowest BCUT2D eigenvalue weighted by molar-refractivity contribution is -0.139. The van der Waals surface area contributed by atoms with Gasteiger partial charge >= 0.3 is 6.03 Å². The summed E-state index contributed by atoms with van der Waals surface area (Å²) in [5.41, 5.74) is 8.17. The minimum Gasteiger partial charge on any atom is -0.368 e. The van der Waals surface area contributed by atoms with E-state index in [4.69, 9.17) is 5.73 Å². The molecule has 140 valence electrons.